The Morgan fingerprint density at radius 1 is 1.27 bits per heavy atom. The number of benzene rings is 1. The van der Waals surface area contributed by atoms with Crippen LogP contribution >= 0.6 is 0 Å². The van der Waals surface area contributed by atoms with Crippen LogP contribution in [-0.2, 0) is 6.42 Å². The van der Waals surface area contributed by atoms with Crippen LogP contribution in [0.4, 0.5) is 0 Å². The summed E-state index contributed by atoms with van der Waals surface area (Å²) in [7, 11) is 0. The Bertz CT molecular complexity index is 967. The summed E-state index contributed by atoms with van der Waals surface area (Å²) < 4.78 is 11.6. The fraction of sp³-hybridized carbons (Fsp3) is 0.429. The minimum Gasteiger partial charge on any atom is -0.506 e. The van der Waals surface area contributed by atoms with Gasteiger partial charge in [0.1, 0.15) is 22.7 Å². The lowest BCUT2D eigenvalue weighted by atomic mass is 9.91. The minimum atomic E-state index is -0.532. The second-order valence-corrected chi connectivity index (χ2v) is 6.89. The summed E-state index contributed by atoms with van der Waals surface area (Å²) in [6, 6.07) is 1.45. The first kappa shape index (κ1) is 18.2. The van der Waals surface area contributed by atoms with Crippen LogP contribution in [0.5, 0.6) is 11.5 Å². The highest BCUT2D eigenvalue weighted by molar-refractivity contribution is 6.12. The van der Waals surface area contributed by atoms with Gasteiger partial charge >= 0.3 is 5.63 Å². The van der Waals surface area contributed by atoms with Crippen molar-refractivity contribution in [3.8, 4) is 11.5 Å². The van der Waals surface area contributed by atoms with Gasteiger partial charge in [0.15, 0.2) is 11.4 Å². The van der Waals surface area contributed by atoms with Gasteiger partial charge in [0.05, 0.1) is 10.9 Å². The van der Waals surface area contributed by atoms with E-state index in [1.165, 1.54) is 6.07 Å². The van der Waals surface area contributed by atoms with Crippen molar-refractivity contribution >= 4 is 22.8 Å². The van der Waals surface area contributed by atoms with Crippen LogP contribution in [0.2, 0.25) is 0 Å². The van der Waals surface area contributed by atoms with Gasteiger partial charge in [-0.2, -0.15) is 0 Å². The summed E-state index contributed by atoms with van der Waals surface area (Å²) in [5.41, 5.74) is 0.361. The lowest BCUT2D eigenvalue weighted by Crippen LogP contribution is -2.31. The molecule has 0 amide bonds. The zero-order valence-corrected chi connectivity index (χ0v) is 15.6. The minimum absolute atomic E-state index is 0.0599. The Balaban J connectivity index is 2.49. The van der Waals surface area contributed by atoms with E-state index in [0.29, 0.717) is 23.1 Å². The monoisotopic (exact) mass is 356 g/mol. The molecule has 0 bridgehead atoms. The molecule has 0 saturated carbocycles. The molecular formula is C21H24O5. The van der Waals surface area contributed by atoms with Gasteiger partial charge < -0.3 is 14.3 Å². The number of hydrogen-bond donors (Lipinski definition) is 1. The average molecular weight is 356 g/mol. The Labute approximate surface area is 152 Å². The van der Waals surface area contributed by atoms with E-state index in [1.807, 2.05) is 26.8 Å². The number of carbonyl (C=O) groups is 1. The van der Waals surface area contributed by atoms with Gasteiger partial charge in [0.25, 0.3) is 0 Å². The second kappa shape index (κ2) is 6.63. The van der Waals surface area contributed by atoms with Crippen molar-refractivity contribution in [2.45, 2.75) is 59.0 Å². The summed E-state index contributed by atoms with van der Waals surface area (Å²) in [5, 5.41) is 11.4. The first-order chi connectivity index (χ1) is 12.3. The molecule has 1 aromatic carbocycles. The molecule has 3 rings (SSSR count). The molecule has 0 aliphatic carbocycles. The normalized spacial score (nSPS) is 18.6. The van der Waals surface area contributed by atoms with Crippen LogP contribution in [0.3, 0.4) is 0 Å². The quantitative estimate of drug-likeness (QED) is 0.625. The van der Waals surface area contributed by atoms with Crippen molar-refractivity contribution in [2.24, 2.45) is 0 Å². The molecule has 0 radical (unpaired) electrons. The number of aryl methyl sites for hydroxylation is 1. The van der Waals surface area contributed by atoms with Crippen LogP contribution in [0.1, 0.15) is 68.4 Å². The van der Waals surface area contributed by atoms with Gasteiger partial charge in [-0.1, -0.05) is 27.2 Å². The highest BCUT2D eigenvalue weighted by Gasteiger charge is 2.33. The molecule has 5 heteroatoms. The van der Waals surface area contributed by atoms with E-state index in [-0.39, 0.29) is 29.1 Å². The number of carbonyl (C=O) groups excluding carboxylic acids is 1. The number of rotatable bonds is 5. The van der Waals surface area contributed by atoms with Crippen molar-refractivity contribution in [3.63, 3.8) is 0 Å². The Hall–Kier alpha value is -2.56. The van der Waals surface area contributed by atoms with E-state index >= 15 is 0 Å². The van der Waals surface area contributed by atoms with E-state index in [1.54, 1.807) is 13.0 Å². The number of phenolic OH excluding ortho intramolecular Hbond substituents is 1. The summed E-state index contributed by atoms with van der Waals surface area (Å²) in [6.07, 6.45) is 6.09. The second-order valence-electron chi connectivity index (χ2n) is 6.89. The Morgan fingerprint density at radius 2 is 2.00 bits per heavy atom. The molecule has 1 aliphatic rings. The molecule has 1 aliphatic heterocycles. The number of aromatic hydroxyl groups is 1. The molecule has 0 saturated heterocycles. The predicted molar refractivity (Wildman–Crippen MR) is 101 cm³/mol. The average Bonchev–Trinajstić information content (AvgIpc) is 2.61. The smallest absolute Gasteiger partial charge is 0.336 e. The van der Waals surface area contributed by atoms with E-state index in [4.69, 9.17) is 9.15 Å². The maximum atomic E-state index is 12.5. The van der Waals surface area contributed by atoms with E-state index in [2.05, 4.69) is 0 Å². The van der Waals surface area contributed by atoms with Gasteiger partial charge in [0.2, 0.25) is 0 Å². The Kier molecular flexibility index (Phi) is 4.65. The molecule has 138 valence electrons. The first-order valence-electron chi connectivity index (χ1n) is 9.12. The van der Waals surface area contributed by atoms with E-state index in [0.717, 1.165) is 18.4 Å². The van der Waals surface area contributed by atoms with Gasteiger partial charge in [-0.05, 0) is 37.5 Å². The first-order valence-corrected chi connectivity index (χ1v) is 9.12. The summed E-state index contributed by atoms with van der Waals surface area (Å²) in [5.74, 6) is 0.0130. The van der Waals surface area contributed by atoms with E-state index in [9.17, 15) is 14.7 Å². The molecule has 26 heavy (non-hydrogen) atoms. The maximum Gasteiger partial charge on any atom is 0.336 e. The molecule has 0 spiro atoms. The Morgan fingerprint density at radius 3 is 2.62 bits per heavy atom. The molecule has 5 nitrogen and oxygen atoms in total. The van der Waals surface area contributed by atoms with E-state index < -0.39 is 11.2 Å². The number of Topliss-reactive ketones (excluding diaryl/α,β-unsaturated/α-hetero) is 1. The molecule has 2 heterocycles. The zero-order valence-electron chi connectivity index (χ0n) is 15.6. The standard InChI is InChI=1S/C21H24O5/c1-5-8-12-11-15(23)25-20-16(12)19-13(9-10-21(4,7-3)26-19)18(24)17(20)14(22)6-2/h9-11,24H,5-8H2,1-4H3. The van der Waals surface area contributed by atoms with Crippen LogP contribution in [0.15, 0.2) is 21.4 Å². The molecule has 1 aromatic heterocycles. The zero-order chi connectivity index (χ0) is 19.1. The lowest BCUT2D eigenvalue weighted by Gasteiger charge is -2.32. The van der Waals surface area contributed by atoms with Gasteiger partial charge in [-0.25, -0.2) is 4.79 Å². The number of hydrogen-bond acceptors (Lipinski definition) is 5. The number of ketones is 1. The van der Waals surface area contributed by atoms with Gasteiger partial charge in [-0.3, -0.25) is 4.79 Å². The third-order valence-corrected chi connectivity index (χ3v) is 4.99. The van der Waals surface area contributed by atoms with Gasteiger partial charge in [-0.15, -0.1) is 0 Å². The SMILES string of the molecule is CCCc1cc(=O)oc2c(C(=O)CC)c(O)c3c(c12)OC(C)(CC)C=C3. The van der Waals surface area contributed by atoms with Crippen molar-refractivity contribution < 1.29 is 19.1 Å². The number of phenols is 1. The molecule has 1 N–H and O–H groups in total. The van der Waals surface area contributed by atoms with Crippen LogP contribution < -0.4 is 10.4 Å². The third kappa shape index (κ3) is 2.81. The van der Waals surface area contributed by atoms with Crippen molar-refractivity contribution in [1.29, 1.82) is 0 Å². The van der Waals surface area contributed by atoms with Crippen molar-refractivity contribution in [3.05, 3.63) is 39.3 Å². The summed E-state index contributed by atoms with van der Waals surface area (Å²) >= 11 is 0. The molecule has 1 atom stereocenters. The van der Waals surface area contributed by atoms with Crippen molar-refractivity contribution in [2.75, 3.05) is 0 Å². The molecule has 0 fully saturated rings. The maximum absolute atomic E-state index is 12.5. The highest BCUT2D eigenvalue weighted by Crippen LogP contribution is 2.47. The number of ether oxygens (including phenoxy) is 1. The topological polar surface area (TPSA) is 76.7 Å². The van der Waals surface area contributed by atoms with Gasteiger partial charge in [0, 0.05) is 12.5 Å². The fourth-order valence-electron chi connectivity index (χ4n) is 3.33. The van der Waals surface area contributed by atoms with Crippen molar-refractivity contribution in [1.82, 2.24) is 0 Å². The van der Waals surface area contributed by atoms with Crippen LogP contribution in [-0.4, -0.2) is 16.5 Å². The van der Waals surface area contributed by atoms with Crippen LogP contribution in [0, 0.1) is 0 Å². The van der Waals surface area contributed by atoms with Crippen LogP contribution in [0.25, 0.3) is 17.0 Å². The third-order valence-electron chi connectivity index (χ3n) is 4.99. The highest BCUT2D eigenvalue weighted by atomic mass is 16.5. The molecular weight excluding hydrogens is 332 g/mol. The summed E-state index contributed by atoms with van der Waals surface area (Å²) in [4.78, 5) is 24.6. The predicted octanol–water partition coefficient (Wildman–Crippen LogP) is 4.62. The fourth-order valence-corrected chi connectivity index (χ4v) is 3.33. The number of fused-ring (bicyclic) bond motifs is 3. The summed E-state index contributed by atoms with van der Waals surface area (Å²) in [6.45, 7) is 7.70. The largest absolute Gasteiger partial charge is 0.506 e. The molecule has 1 unspecified atom stereocenters. The molecule has 2 aromatic rings. The lowest BCUT2D eigenvalue weighted by molar-refractivity contribution is 0.0985.